The fourth-order valence-corrected chi connectivity index (χ4v) is 2.52. The molecule has 2 aromatic rings. The molecule has 19 heavy (non-hydrogen) atoms. The predicted molar refractivity (Wildman–Crippen MR) is 81.2 cm³/mol. The molecule has 0 bridgehead atoms. The predicted octanol–water partition coefficient (Wildman–Crippen LogP) is 4.65. The van der Waals surface area contributed by atoms with Gasteiger partial charge < -0.3 is 9.73 Å². The van der Waals surface area contributed by atoms with Crippen molar-refractivity contribution in [3.05, 3.63) is 39.8 Å². The molecule has 0 saturated carbocycles. The second-order valence-corrected chi connectivity index (χ2v) is 6.74. The van der Waals surface area contributed by atoms with E-state index in [1.807, 2.05) is 18.2 Å². The minimum Gasteiger partial charge on any atom is -0.443 e. The van der Waals surface area contributed by atoms with E-state index in [9.17, 15) is 0 Å². The second kappa shape index (κ2) is 5.65. The van der Waals surface area contributed by atoms with Crippen LogP contribution in [-0.4, -0.2) is 10.5 Å². The molecular weight excluding hydrogens is 328 g/mol. The van der Waals surface area contributed by atoms with Crippen molar-refractivity contribution in [2.75, 3.05) is 0 Å². The van der Waals surface area contributed by atoms with Gasteiger partial charge in [0.2, 0.25) is 0 Å². The third kappa shape index (κ3) is 4.06. The van der Waals surface area contributed by atoms with E-state index in [0.29, 0.717) is 11.6 Å². The van der Waals surface area contributed by atoms with Gasteiger partial charge in [0, 0.05) is 27.1 Å². The van der Waals surface area contributed by atoms with Crippen LogP contribution in [-0.2, 0) is 6.54 Å². The number of nitrogens with one attached hydrogen (secondary N) is 1. The van der Waals surface area contributed by atoms with E-state index in [4.69, 9.17) is 16.0 Å². The molecule has 0 unspecified atom stereocenters. The highest BCUT2D eigenvalue weighted by molar-refractivity contribution is 9.10. The van der Waals surface area contributed by atoms with Crippen LogP contribution in [0.25, 0.3) is 11.3 Å². The Morgan fingerprint density at radius 3 is 2.68 bits per heavy atom. The normalized spacial score (nSPS) is 11.8. The summed E-state index contributed by atoms with van der Waals surface area (Å²) in [7, 11) is 0. The Hall–Kier alpha value is -0.840. The summed E-state index contributed by atoms with van der Waals surface area (Å²) < 4.78 is 6.41. The molecule has 0 radical (unpaired) electrons. The van der Waals surface area contributed by atoms with E-state index >= 15 is 0 Å². The van der Waals surface area contributed by atoms with Crippen LogP contribution in [0.15, 0.2) is 33.5 Å². The molecule has 1 aromatic carbocycles. The zero-order valence-electron chi connectivity index (χ0n) is 11.1. The van der Waals surface area contributed by atoms with Crippen molar-refractivity contribution >= 4 is 27.5 Å². The van der Waals surface area contributed by atoms with Gasteiger partial charge in [-0.2, -0.15) is 0 Å². The second-order valence-electron chi connectivity index (χ2n) is 5.39. The zero-order valence-corrected chi connectivity index (χ0v) is 13.5. The number of nitrogens with zero attached hydrogens (tertiary/aromatic N) is 1. The topological polar surface area (TPSA) is 38.1 Å². The number of oxazole rings is 1. The number of halogens is 2. The smallest absolute Gasteiger partial charge is 0.181 e. The molecule has 0 aliphatic rings. The number of benzene rings is 1. The van der Waals surface area contributed by atoms with Crippen LogP contribution in [0, 0.1) is 0 Å². The lowest BCUT2D eigenvalue weighted by atomic mass is 10.1. The number of rotatable bonds is 3. The molecule has 0 amide bonds. The molecular formula is C14H16BrClN2O. The monoisotopic (exact) mass is 342 g/mol. The third-order valence-electron chi connectivity index (χ3n) is 2.55. The molecule has 3 nitrogen and oxygen atoms in total. The SMILES string of the molecule is CC(C)(C)NCc1ncoc1-c1cc(Cl)cc(Br)c1. The maximum absolute atomic E-state index is 6.06. The summed E-state index contributed by atoms with van der Waals surface area (Å²) >= 11 is 9.49. The highest BCUT2D eigenvalue weighted by atomic mass is 79.9. The molecule has 0 aliphatic carbocycles. The number of aromatic nitrogens is 1. The summed E-state index contributed by atoms with van der Waals surface area (Å²) in [6, 6.07) is 5.68. The van der Waals surface area contributed by atoms with Crippen molar-refractivity contribution in [2.24, 2.45) is 0 Å². The zero-order chi connectivity index (χ0) is 14.0. The van der Waals surface area contributed by atoms with Gasteiger partial charge in [-0.25, -0.2) is 4.98 Å². The summed E-state index contributed by atoms with van der Waals surface area (Å²) in [5.41, 5.74) is 1.83. The molecule has 0 fully saturated rings. The molecule has 0 saturated heterocycles. The van der Waals surface area contributed by atoms with E-state index in [1.54, 1.807) is 0 Å². The van der Waals surface area contributed by atoms with Crippen LogP contribution < -0.4 is 5.32 Å². The summed E-state index contributed by atoms with van der Waals surface area (Å²) in [6.07, 6.45) is 1.46. The van der Waals surface area contributed by atoms with Crippen molar-refractivity contribution in [3.8, 4) is 11.3 Å². The average Bonchev–Trinajstić information content (AvgIpc) is 2.72. The summed E-state index contributed by atoms with van der Waals surface area (Å²) in [6.45, 7) is 6.99. The summed E-state index contributed by atoms with van der Waals surface area (Å²) in [5, 5.41) is 4.06. The van der Waals surface area contributed by atoms with Crippen molar-refractivity contribution in [1.29, 1.82) is 0 Å². The molecule has 0 atom stereocenters. The Bertz CT molecular complexity index is 555. The maximum Gasteiger partial charge on any atom is 0.181 e. The van der Waals surface area contributed by atoms with Gasteiger partial charge in [-0.1, -0.05) is 27.5 Å². The molecule has 0 spiro atoms. The van der Waals surface area contributed by atoms with Crippen LogP contribution in [0.4, 0.5) is 0 Å². The van der Waals surface area contributed by atoms with Gasteiger partial charge in [0.15, 0.2) is 12.2 Å². The number of hydrogen-bond donors (Lipinski definition) is 1. The van der Waals surface area contributed by atoms with Gasteiger partial charge in [-0.05, 0) is 39.0 Å². The third-order valence-corrected chi connectivity index (χ3v) is 3.23. The quantitative estimate of drug-likeness (QED) is 0.882. The lowest BCUT2D eigenvalue weighted by molar-refractivity contribution is 0.421. The van der Waals surface area contributed by atoms with Gasteiger partial charge in [-0.15, -0.1) is 0 Å². The van der Waals surface area contributed by atoms with Gasteiger partial charge >= 0.3 is 0 Å². The minimum absolute atomic E-state index is 0.0329. The molecule has 102 valence electrons. The molecule has 2 rings (SSSR count). The first kappa shape index (κ1) is 14.6. The lowest BCUT2D eigenvalue weighted by Gasteiger charge is -2.19. The maximum atomic E-state index is 6.06. The van der Waals surface area contributed by atoms with Crippen LogP contribution >= 0.6 is 27.5 Å². The van der Waals surface area contributed by atoms with Gasteiger partial charge in [0.25, 0.3) is 0 Å². The fraction of sp³-hybridized carbons (Fsp3) is 0.357. The molecule has 0 aliphatic heterocycles. The Kier molecular flexibility index (Phi) is 4.33. The Morgan fingerprint density at radius 2 is 2.05 bits per heavy atom. The van der Waals surface area contributed by atoms with Crippen LogP contribution in [0.2, 0.25) is 5.02 Å². The first-order valence-corrected chi connectivity index (χ1v) is 7.16. The summed E-state index contributed by atoms with van der Waals surface area (Å²) in [5.74, 6) is 0.750. The van der Waals surface area contributed by atoms with Crippen molar-refractivity contribution in [3.63, 3.8) is 0 Å². The Balaban J connectivity index is 2.28. The summed E-state index contributed by atoms with van der Waals surface area (Å²) in [4.78, 5) is 4.27. The van der Waals surface area contributed by atoms with Gasteiger partial charge in [0.1, 0.15) is 5.69 Å². The fourth-order valence-electron chi connectivity index (χ4n) is 1.66. The minimum atomic E-state index is 0.0329. The molecule has 1 aromatic heterocycles. The van der Waals surface area contributed by atoms with E-state index in [0.717, 1.165) is 21.5 Å². The molecule has 1 N–H and O–H groups in total. The van der Waals surface area contributed by atoms with Crippen LogP contribution in [0.1, 0.15) is 26.5 Å². The Labute approximate surface area is 126 Å². The highest BCUT2D eigenvalue weighted by Gasteiger charge is 2.15. The average molecular weight is 344 g/mol. The van der Waals surface area contributed by atoms with Gasteiger partial charge in [0.05, 0.1) is 0 Å². The first-order valence-electron chi connectivity index (χ1n) is 5.99. The van der Waals surface area contributed by atoms with Crippen molar-refractivity contribution < 1.29 is 4.42 Å². The Morgan fingerprint density at radius 1 is 1.32 bits per heavy atom. The van der Waals surface area contributed by atoms with Crippen LogP contribution in [0.3, 0.4) is 0 Å². The standard InChI is InChI=1S/C14H16BrClN2O/c1-14(2,3)18-7-12-13(19-8-17-12)9-4-10(15)6-11(16)5-9/h4-6,8,18H,7H2,1-3H3. The van der Waals surface area contributed by atoms with E-state index in [1.165, 1.54) is 6.39 Å². The van der Waals surface area contributed by atoms with Crippen molar-refractivity contribution in [2.45, 2.75) is 32.9 Å². The van der Waals surface area contributed by atoms with E-state index < -0.39 is 0 Å². The lowest BCUT2D eigenvalue weighted by Crippen LogP contribution is -2.35. The largest absolute Gasteiger partial charge is 0.443 e. The van der Waals surface area contributed by atoms with E-state index in [-0.39, 0.29) is 5.54 Å². The van der Waals surface area contributed by atoms with Crippen LogP contribution in [0.5, 0.6) is 0 Å². The van der Waals surface area contributed by atoms with E-state index in [2.05, 4.69) is 47.0 Å². The van der Waals surface area contributed by atoms with Gasteiger partial charge in [-0.3, -0.25) is 0 Å². The first-order chi connectivity index (χ1) is 8.85. The molecule has 5 heteroatoms. The van der Waals surface area contributed by atoms with Crippen molar-refractivity contribution in [1.82, 2.24) is 10.3 Å². The molecule has 1 heterocycles. The highest BCUT2D eigenvalue weighted by Crippen LogP contribution is 2.29. The number of hydrogen-bond acceptors (Lipinski definition) is 3.